The Balaban J connectivity index is 1.83. The van der Waals surface area contributed by atoms with E-state index in [4.69, 9.17) is 21.7 Å². The molecule has 6 nitrogen and oxygen atoms in total. The van der Waals surface area contributed by atoms with Crippen LogP contribution in [0, 0.1) is 0 Å². The Hall–Kier alpha value is -3.61. The molecule has 4 rings (SSSR count). The van der Waals surface area contributed by atoms with Crippen molar-refractivity contribution in [2.45, 2.75) is 0 Å². The molecule has 0 atom stereocenters. The first kappa shape index (κ1) is 20.7. The number of hydrogen-bond donors (Lipinski definition) is 3. The van der Waals surface area contributed by atoms with Crippen LogP contribution in [0.5, 0.6) is 5.88 Å². The van der Waals surface area contributed by atoms with Crippen molar-refractivity contribution in [1.82, 2.24) is 4.98 Å². The fraction of sp³-hybridized carbons (Fsp3) is 0.0833. The number of aliphatic imine (C=N–C) groups is 1. The highest BCUT2D eigenvalue weighted by molar-refractivity contribution is 6.31. The lowest BCUT2D eigenvalue weighted by molar-refractivity contribution is -0.120. The second-order valence-corrected chi connectivity index (χ2v) is 7.43. The quantitative estimate of drug-likeness (QED) is 0.400. The topological polar surface area (TPSA) is 88.9 Å². The molecule has 1 aromatic heterocycles. The van der Waals surface area contributed by atoms with Crippen molar-refractivity contribution in [3.8, 4) is 5.88 Å². The number of aromatic amines is 1. The van der Waals surface area contributed by atoms with Gasteiger partial charge in [-0.3, -0.25) is 4.79 Å². The zero-order valence-corrected chi connectivity index (χ0v) is 17.5. The van der Waals surface area contributed by atoms with Crippen LogP contribution in [0.25, 0.3) is 10.9 Å². The van der Waals surface area contributed by atoms with E-state index in [-0.39, 0.29) is 5.88 Å². The van der Waals surface area contributed by atoms with E-state index >= 15 is 0 Å². The summed E-state index contributed by atoms with van der Waals surface area (Å²) in [5.41, 5.74) is 4.01. The number of halogens is 1. The minimum atomic E-state index is -0.557. The second-order valence-electron chi connectivity index (χ2n) is 6.99. The number of benzene rings is 3. The number of carbonyl (C=O) groups excluding carboxylic acids is 1. The fourth-order valence-corrected chi connectivity index (χ4v) is 3.56. The van der Waals surface area contributed by atoms with Gasteiger partial charge in [-0.05, 0) is 36.4 Å². The summed E-state index contributed by atoms with van der Waals surface area (Å²) in [6.45, 7) is -0.557. The lowest BCUT2D eigenvalue weighted by atomic mass is 10.0. The summed E-state index contributed by atoms with van der Waals surface area (Å²) >= 11 is 6.10. The van der Waals surface area contributed by atoms with Gasteiger partial charge >= 0.3 is 0 Å². The molecular weight excluding hydrogens is 414 g/mol. The number of aromatic hydroxyl groups is 1. The number of rotatable bonds is 5. The van der Waals surface area contributed by atoms with E-state index in [1.54, 1.807) is 43.4 Å². The van der Waals surface area contributed by atoms with Gasteiger partial charge in [0.05, 0.1) is 22.5 Å². The fourth-order valence-electron chi connectivity index (χ4n) is 3.39. The van der Waals surface area contributed by atoms with E-state index in [0.29, 0.717) is 33.2 Å². The number of aliphatic hydroxyl groups is 1. The smallest absolute Gasteiger partial charge is 0.252 e. The second kappa shape index (κ2) is 8.63. The normalized spacial score (nSPS) is 11.6. The number of nitrogens with one attached hydrogen (secondary N) is 1. The number of amides is 1. The largest absolute Gasteiger partial charge is 0.494 e. The van der Waals surface area contributed by atoms with Crippen molar-refractivity contribution in [1.29, 1.82) is 0 Å². The summed E-state index contributed by atoms with van der Waals surface area (Å²) in [4.78, 5) is 20.9. The number of fused-ring (bicyclic) bond motifs is 1. The van der Waals surface area contributed by atoms with Gasteiger partial charge in [0.25, 0.3) is 5.91 Å². The van der Waals surface area contributed by atoms with Crippen LogP contribution in [-0.2, 0) is 4.79 Å². The van der Waals surface area contributed by atoms with Gasteiger partial charge in [0.15, 0.2) is 5.88 Å². The van der Waals surface area contributed by atoms with Crippen molar-refractivity contribution in [3.05, 3.63) is 88.9 Å². The summed E-state index contributed by atoms with van der Waals surface area (Å²) in [5.74, 6) is -0.395. The number of nitrogens with zero attached hydrogens (tertiary/aromatic N) is 2. The van der Waals surface area contributed by atoms with E-state index in [0.717, 1.165) is 10.9 Å². The number of H-pyrrole nitrogens is 1. The molecule has 0 aliphatic heterocycles. The predicted molar refractivity (Wildman–Crippen MR) is 124 cm³/mol. The van der Waals surface area contributed by atoms with Crippen molar-refractivity contribution >= 4 is 45.5 Å². The Kier molecular flexibility index (Phi) is 5.75. The molecule has 0 unspecified atom stereocenters. The van der Waals surface area contributed by atoms with E-state index in [2.05, 4.69) is 4.98 Å². The van der Waals surface area contributed by atoms with Crippen molar-refractivity contribution in [2.75, 3.05) is 18.6 Å². The molecule has 0 spiro atoms. The van der Waals surface area contributed by atoms with Crippen molar-refractivity contribution in [3.63, 3.8) is 0 Å². The Morgan fingerprint density at radius 1 is 1.06 bits per heavy atom. The molecule has 3 N–H and O–H groups in total. The van der Waals surface area contributed by atoms with Gasteiger partial charge in [0.1, 0.15) is 6.61 Å². The molecule has 156 valence electrons. The third-order valence-corrected chi connectivity index (χ3v) is 5.25. The molecule has 0 aliphatic rings. The highest BCUT2D eigenvalue weighted by atomic mass is 35.5. The van der Waals surface area contributed by atoms with Gasteiger partial charge in [-0.2, -0.15) is 0 Å². The Morgan fingerprint density at radius 2 is 1.77 bits per heavy atom. The third-order valence-electron chi connectivity index (χ3n) is 5.01. The lowest BCUT2D eigenvalue weighted by Gasteiger charge is -2.16. The van der Waals surface area contributed by atoms with Crippen LogP contribution >= 0.6 is 11.6 Å². The molecular formula is C24H20ClN3O3. The van der Waals surface area contributed by atoms with Gasteiger partial charge in [-0.15, -0.1) is 0 Å². The first-order valence-corrected chi connectivity index (χ1v) is 9.98. The van der Waals surface area contributed by atoms with Crippen LogP contribution in [0.1, 0.15) is 11.1 Å². The van der Waals surface area contributed by atoms with E-state index in [1.807, 2.05) is 36.4 Å². The molecule has 0 aliphatic carbocycles. The van der Waals surface area contributed by atoms with Crippen LogP contribution < -0.4 is 4.90 Å². The van der Waals surface area contributed by atoms with E-state index in [9.17, 15) is 9.90 Å². The number of hydrogen-bond acceptors (Lipinski definition) is 4. The van der Waals surface area contributed by atoms with Gasteiger partial charge in [0.2, 0.25) is 0 Å². The first-order chi connectivity index (χ1) is 15.0. The minimum absolute atomic E-state index is 0.00441. The van der Waals surface area contributed by atoms with Crippen LogP contribution in [0.4, 0.5) is 11.4 Å². The summed E-state index contributed by atoms with van der Waals surface area (Å²) < 4.78 is 0. The first-order valence-electron chi connectivity index (χ1n) is 9.60. The van der Waals surface area contributed by atoms with Crippen LogP contribution in [0.3, 0.4) is 0 Å². The number of carbonyl (C=O) groups is 1. The molecule has 0 fully saturated rings. The molecule has 0 saturated heterocycles. The van der Waals surface area contributed by atoms with Gasteiger partial charge < -0.3 is 20.1 Å². The Morgan fingerprint density at radius 3 is 2.45 bits per heavy atom. The lowest BCUT2D eigenvalue weighted by Crippen LogP contribution is -2.28. The number of aliphatic hydroxyl groups excluding tert-OH is 1. The molecule has 0 bridgehead atoms. The van der Waals surface area contributed by atoms with Crippen molar-refractivity contribution < 1.29 is 15.0 Å². The number of likely N-dealkylation sites (N-methyl/N-ethyl adjacent to an activating group) is 1. The SMILES string of the molecule is CN(C(=O)CO)c1ccc(N=C(c2ccccc2)c2c(O)[nH]c3cc(Cl)ccc23)cc1. The van der Waals surface area contributed by atoms with Gasteiger partial charge in [0, 0.05) is 28.7 Å². The third kappa shape index (κ3) is 4.17. The molecule has 1 heterocycles. The average Bonchev–Trinajstić information content (AvgIpc) is 3.11. The summed E-state index contributed by atoms with van der Waals surface area (Å²) in [6, 6.07) is 22.0. The van der Waals surface area contributed by atoms with E-state index < -0.39 is 12.5 Å². The monoisotopic (exact) mass is 433 g/mol. The summed E-state index contributed by atoms with van der Waals surface area (Å²) in [7, 11) is 1.60. The maximum atomic E-state index is 11.7. The maximum absolute atomic E-state index is 11.7. The molecule has 7 heteroatoms. The molecule has 0 saturated carbocycles. The molecule has 3 aromatic carbocycles. The van der Waals surface area contributed by atoms with Gasteiger partial charge in [-0.25, -0.2) is 4.99 Å². The van der Waals surface area contributed by atoms with Crippen LogP contribution in [0.2, 0.25) is 5.02 Å². The predicted octanol–water partition coefficient (Wildman–Crippen LogP) is 4.65. The average molecular weight is 434 g/mol. The maximum Gasteiger partial charge on any atom is 0.252 e. The molecule has 1 amide bonds. The van der Waals surface area contributed by atoms with Crippen LogP contribution in [0.15, 0.2) is 77.8 Å². The zero-order valence-electron chi connectivity index (χ0n) is 16.7. The van der Waals surface area contributed by atoms with E-state index in [1.165, 1.54) is 4.90 Å². The highest BCUT2D eigenvalue weighted by Crippen LogP contribution is 2.33. The molecule has 4 aromatic rings. The van der Waals surface area contributed by atoms with Gasteiger partial charge in [-0.1, -0.05) is 48.0 Å². The molecule has 31 heavy (non-hydrogen) atoms. The zero-order chi connectivity index (χ0) is 22.0. The highest BCUT2D eigenvalue weighted by Gasteiger charge is 2.19. The summed E-state index contributed by atoms with van der Waals surface area (Å²) in [6.07, 6.45) is 0. The number of anilines is 1. The summed E-state index contributed by atoms with van der Waals surface area (Å²) in [5, 5.41) is 21.1. The van der Waals surface area contributed by atoms with Crippen LogP contribution in [-0.4, -0.2) is 40.5 Å². The minimum Gasteiger partial charge on any atom is -0.494 e. The van der Waals surface area contributed by atoms with Crippen molar-refractivity contribution in [2.24, 2.45) is 4.99 Å². The standard InChI is InChI=1S/C24H20ClN3O3/c1-28(21(30)14-29)18-10-8-17(9-11-18)26-23(15-5-3-2-4-6-15)22-19-12-7-16(25)13-20(19)27-24(22)31/h2-13,27,29,31H,14H2,1H3. The number of aromatic nitrogens is 1. The Labute approximate surface area is 184 Å². The Bertz CT molecular complexity index is 1260. The molecule has 0 radical (unpaired) electrons.